The third kappa shape index (κ3) is 8.81. The number of hydrogen-bond acceptors (Lipinski definition) is 4. The van der Waals surface area contributed by atoms with E-state index in [0.717, 1.165) is 0 Å². The molecule has 0 amide bonds. The molecule has 0 saturated carbocycles. The second-order valence-corrected chi connectivity index (χ2v) is 6.89. The number of aliphatic carboxylic acids is 1. The number of Topliss-reactive ketones (excluding diaryl/α,β-unsaturated/α-hetero) is 2. The van der Waals surface area contributed by atoms with Gasteiger partial charge in [0.05, 0.1) is 5.92 Å². The van der Waals surface area contributed by atoms with E-state index in [2.05, 4.69) is 0 Å². The molecule has 1 atom stereocenters. The molecule has 110 valence electrons. The van der Waals surface area contributed by atoms with Crippen LogP contribution in [0.15, 0.2) is 0 Å². The van der Waals surface area contributed by atoms with Crippen molar-refractivity contribution in [3.63, 3.8) is 0 Å². The van der Waals surface area contributed by atoms with Gasteiger partial charge in [-0.15, -0.1) is 0 Å². The highest BCUT2D eigenvalue weighted by Gasteiger charge is 2.22. The number of carboxylic acids is 1. The molecule has 0 spiro atoms. The number of carboxylic acid groups (broad SMARTS) is 1. The summed E-state index contributed by atoms with van der Waals surface area (Å²) in [6, 6.07) is 0. The first kappa shape index (κ1) is 18.2. The van der Waals surface area contributed by atoms with Gasteiger partial charge in [-0.3, -0.25) is 14.4 Å². The molecule has 0 aliphatic carbocycles. The lowest BCUT2D eigenvalue weighted by molar-refractivity contribution is -0.142. The minimum Gasteiger partial charge on any atom is -0.481 e. The molecule has 0 radical (unpaired) electrons. The third-order valence-corrected chi connectivity index (χ3v) is 4.01. The Morgan fingerprint density at radius 3 is 2.05 bits per heavy atom. The van der Waals surface area contributed by atoms with E-state index in [9.17, 15) is 14.4 Å². The van der Waals surface area contributed by atoms with Gasteiger partial charge in [0.15, 0.2) is 0 Å². The second-order valence-electron chi connectivity index (χ2n) is 5.28. The molecule has 1 N–H and O–H groups in total. The number of rotatable bonds is 10. The molecule has 0 aromatic carbocycles. The van der Waals surface area contributed by atoms with Crippen LogP contribution in [0, 0.1) is 11.8 Å². The number of ketones is 2. The fourth-order valence-electron chi connectivity index (χ4n) is 1.45. The van der Waals surface area contributed by atoms with Crippen molar-refractivity contribution in [2.75, 3.05) is 5.75 Å². The average Bonchev–Trinajstić information content (AvgIpc) is 2.30. The van der Waals surface area contributed by atoms with Crippen molar-refractivity contribution in [1.82, 2.24) is 0 Å². The van der Waals surface area contributed by atoms with Gasteiger partial charge in [-0.05, 0) is 5.25 Å². The van der Waals surface area contributed by atoms with Crippen molar-refractivity contribution in [1.29, 1.82) is 0 Å². The molecule has 5 heteroatoms. The van der Waals surface area contributed by atoms with Crippen molar-refractivity contribution >= 4 is 29.3 Å². The summed E-state index contributed by atoms with van der Waals surface area (Å²) in [5, 5.41) is 9.41. The van der Waals surface area contributed by atoms with Crippen LogP contribution >= 0.6 is 11.8 Å². The van der Waals surface area contributed by atoms with Gasteiger partial charge in [0.2, 0.25) is 0 Å². The van der Waals surface area contributed by atoms with E-state index in [-0.39, 0.29) is 36.7 Å². The SMILES string of the molecule is CC(C)SCC(CC(=O)CCC(=O)C(C)C)C(=O)O. The maximum atomic E-state index is 11.7. The predicted molar refractivity (Wildman–Crippen MR) is 77.4 cm³/mol. The van der Waals surface area contributed by atoms with Crippen LogP contribution < -0.4 is 0 Å². The first-order chi connectivity index (χ1) is 8.73. The van der Waals surface area contributed by atoms with Crippen LogP contribution in [0.3, 0.4) is 0 Å². The molecule has 0 aromatic heterocycles. The van der Waals surface area contributed by atoms with Crippen molar-refractivity contribution in [2.45, 2.75) is 52.2 Å². The van der Waals surface area contributed by atoms with E-state index in [1.54, 1.807) is 13.8 Å². The van der Waals surface area contributed by atoms with Crippen molar-refractivity contribution < 1.29 is 19.5 Å². The van der Waals surface area contributed by atoms with Gasteiger partial charge < -0.3 is 5.11 Å². The Hall–Kier alpha value is -0.840. The number of thioether (sulfide) groups is 1. The summed E-state index contributed by atoms with van der Waals surface area (Å²) < 4.78 is 0. The van der Waals surface area contributed by atoms with Gasteiger partial charge >= 0.3 is 5.97 Å². The Morgan fingerprint density at radius 1 is 1.05 bits per heavy atom. The maximum absolute atomic E-state index is 11.7. The minimum atomic E-state index is -0.934. The topological polar surface area (TPSA) is 71.4 Å². The summed E-state index contributed by atoms with van der Waals surface area (Å²) in [6.45, 7) is 7.58. The molecule has 1 unspecified atom stereocenters. The van der Waals surface area contributed by atoms with Gasteiger partial charge in [0.25, 0.3) is 0 Å². The fourth-order valence-corrected chi connectivity index (χ4v) is 2.33. The Labute approximate surface area is 119 Å². The van der Waals surface area contributed by atoms with Gasteiger partial charge in [0, 0.05) is 30.9 Å². The maximum Gasteiger partial charge on any atom is 0.307 e. The molecule has 0 aliphatic heterocycles. The largest absolute Gasteiger partial charge is 0.481 e. The van der Waals surface area contributed by atoms with Gasteiger partial charge in [-0.25, -0.2) is 0 Å². The summed E-state index contributed by atoms with van der Waals surface area (Å²) in [5.41, 5.74) is 0. The number of hydrogen-bond donors (Lipinski definition) is 1. The highest BCUT2D eigenvalue weighted by atomic mass is 32.2. The van der Waals surface area contributed by atoms with Gasteiger partial charge in [0.1, 0.15) is 11.6 Å². The van der Waals surface area contributed by atoms with E-state index in [1.165, 1.54) is 11.8 Å². The van der Waals surface area contributed by atoms with Crippen LogP contribution in [0.1, 0.15) is 47.0 Å². The molecule has 0 aliphatic rings. The quantitative estimate of drug-likeness (QED) is 0.669. The highest BCUT2D eigenvalue weighted by Crippen LogP contribution is 2.18. The van der Waals surface area contributed by atoms with E-state index >= 15 is 0 Å². The van der Waals surface area contributed by atoms with E-state index < -0.39 is 11.9 Å². The van der Waals surface area contributed by atoms with Crippen LogP contribution in [0.4, 0.5) is 0 Å². The average molecular weight is 288 g/mol. The molecule has 4 nitrogen and oxygen atoms in total. The molecule has 0 fully saturated rings. The summed E-state index contributed by atoms with van der Waals surface area (Å²) in [6.07, 6.45) is 0.410. The Kier molecular flexibility index (Phi) is 8.72. The molecular formula is C14H24O4S. The van der Waals surface area contributed by atoms with E-state index in [4.69, 9.17) is 5.11 Å². The lowest BCUT2D eigenvalue weighted by Gasteiger charge is -2.13. The van der Waals surface area contributed by atoms with Gasteiger partial charge in [-0.1, -0.05) is 27.7 Å². The smallest absolute Gasteiger partial charge is 0.307 e. The van der Waals surface area contributed by atoms with Crippen molar-refractivity contribution in [3.05, 3.63) is 0 Å². The van der Waals surface area contributed by atoms with Crippen LogP contribution in [0.2, 0.25) is 0 Å². The molecule has 0 bridgehead atoms. The summed E-state index contributed by atoms with van der Waals surface area (Å²) in [5.74, 6) is -1.29. The highest BCUT2D eigenvalue weighted by molar-refractivity contribution is 7.99. The summed E-state index contributed by atoms with van der Waals surface area (Å²) >= 11 is 1.54. The molecular weight excluding hydrogens is 264 g/mol. The fraction of sp³-hybridized carbons (Fsp3) is 0.786. The van der Waals surface area contributed by atoms with E-state index in [0.29, 0.717) is 11.0 Å². The minimum absolute atomic E-state index is 0.0282. The number of carbonyl (C=O) groups is 3. The lowest BCUT2D eigenvalue weighted by Crippen LogP contribution is -2.21. The number of carbonyl (C=O) groups excluding carboxylic acids is 2. The third-order valence-electron chi connectivity index (χ3n) is 2.75. The Morgan fingerprint density at radius 2 is 1.63 bits per heavy atom. The normalized spacial score (nSPS) is 12.7. The van der Waals surface area contributed by atoms with Crippen LogP contribution in [0.5, 0.6) is 0 Å². The monoisotopic (exact) mass is 288 g/mol. The van der Waals surface area contributed by atoms with Crippen molar-refractivity contribution in [2.24, 2.45) is 11.8 Å². The van der Waals surface area contributed by atoms with Crippen LogP contribution in [0.25, 0.3) is 0 Å². The molecule has 19 heavy (non-hydrogen) atoms. The zero-order chi connectivity index (χ0) is 15.0. The summed E-state index contributed by atoms with van der Waals surface area (Å²) in [7, 11) is 0. The standard InChI is InChI=1S/C14H24O4S/c1-9(2)13(16)6-5-12(15)7-11(14(17)18)8-19-10(3)4/h9-11H,5-8H2,1-4H3,(H,17,18). The predicted octanol–water partition coefficient (Wildman–Crippen LogP) is 2.79. The molecule has 0 aromatic rings. The second kappa shape index (κ2) is 9.13. The molecule has 0 saturated heterocycles. The first-order valence-corrected chi connectivity index (χ1v) is 7.67. The Balaban J connectivity index is 4.17. The first-order valence-electron chi connectivity index (χ1n) is 6.62. The molecule has 0 heterocycles. The van der Waals surface area contributed by atoms with E-state index in [1.807, 2.05) is 13.8 Å². The van der Waals surface area contributed by atoms with Crippen LogP contribution in [-0.4, -0.2) is 33.6 Å². The van der Waals surface area contributed by atoms with Crippen LogP contribution in [-0.2, 0) is 14.4 Å². The van der Waals surface area contributed by atoms with Gasteiger partial charge in [-0.2, -0.15) is 11.8 Å². The lowest BCUT2D eigenvalue weighted by atomic mass is 9.98. The molecule has 0 rings (SSSR count). The zero-order valence-electron chi connectivity index (χ0n) is 12.1. The van der Waals surface area contributed by atoms with Crippen molar-refractivity contribution in [3.8, 4) is 0 Å². The summed E-state index contributed by atoms with van der Waals surface area (Å²) in [4.78, 5) is 34.2. The Bertz CT molecular complexity index is 323. The zero-order valence-corrected chi connectivity index (χ0v) is 13.0.